The van der Waals surface area contributed by atoms with Gasteiger partial charge in [0.25, 0.3) is 0 Å². The van der Waals surface area contributed by atoms with Crippen molar-refractivity contribution in [2.24, 2.45) is 7.05 Å². The Labute approximate surface area is 169 Å². The molecule has 1 aromatic carbocycles. The summed E-state index contributed by atoms with van der Waals surface area (Å²) < 4.78 is 30.5. The van der Waals surface area contributed by atoms with Crippen LogP contribution < -0.4 is 0 Å². The number of carbonyl (C=O) groups excluding carboxylic acids is 2. The van der Waals surface area contributed by atoms with Gasteiger partial charge in [-0.05, 0) is 38.5 Å². The molecule has 1 aliphatic heterocycles. The van der Waals surface area contributed by atoms with Crippen molar-refractivity contribution in [3.8, 4) is 0 Å². The van der Waals surface area contributed by atoms with Gasteiger partial charge in [-0.15, -0.1) is 11.8 Å². The zero-order chi connectivity index (χ0) is 20.5. The molecule has 0 saturated carbocycles. The van der Waals surface area contributed by atoms with Crippen molar-refractivity contribution < 1.29 is 22.7 Å². The highest BCUT2D eigenvalue weighted by molar-refractivity contribution is 8.02. The third kappa shape index (κ3) is 4.50. The first-order chi connectivity index (χ1) is 13.2. The summed E-state index contributed by atoms with van der Waals surface area (Å²) >= 11 is 1.38. The highest BCUT2D eigenvalue weighted by Crippen LogP contribution is 2.33. The van der Waals surface area contributed by atoms with Gasteiger partial charge >= 0.3 is 5.97 Å². The Balaban J connectivity index is 1.68. The number of hydrogen-bond acceptors (Lipinski definition) is 6. The number of carbonyl (C=O) groups is 2. The van der Waals surface area contributed by atoms with E-state index in [1.54, 1.807) is 30.3 Å². The third-order valence-corrected chi connectivity index (χ3v) is 8.33. The molecule has 0 unspecified atom stereocenters. The molecule has 0 radical (unpaired) electrons. The summed E-state index contributed by atoms with van der Waals surface area (Å²) in [7, 11) is -1.11. The number of benzene rings is 1. The minimum Gasteiger partial charge on any atom is -0.454 e. The summed E-state index contributed by atoms with van der Waals surface area (Å²) in [6.45, 7) is 3.43. The van der Waals surface area contributed by atoms with Crippen LogP contribution in [0.4, 0.5) is 0 Å². The average molecular weight is 422 g/mol. The van der Waals surface area contributed by atoms with Crippen molar-refractivity contribution in [1.29, 1.82) is 0 Å². The van der Waals surface area contributed by atoms with E-state index in [4.69, 9.17) is 4.74 Å². The monoisotopic (exact) mass is 421 g/mol. The Morgan fingerprint density at radius 3 is 2.54 bits per heavy atom. The maximum absolute atomic E-state index is 12.5. The maximum Gasteiger partial charge on any atom is 0.339 e. The number of aryl methyl sites for hydroxylation is 1. The van der Waals surface area contributed by atoms with Gasteiger partial charge in [0.2, 0.25) is 5.78 Å². The van der Waals surface area contributed by atoms with Crippen molar-refractivity contribution in [1.82, 2.24) is 4.57 Å². The van der Waals surface area contributed by atoms with Crippen molar-refractivity contribution in [2.45, 2.75) is 30.4 Å². The predicted octanol–water partition coefficient (Wildman–Crippen LogP) is 2.96. The third-order valence-electron chi connectivity index (χ3n) is 5.00. The number of nitrogens with zero attached hydrogens (tertiary/aromatic N) is 1. The van der Waals surface area contributed by atoms with Crippen LogP contribution in [0.25, 0.3) is 0 Å². The smallest absolute Gasteiger partial charge is 0.339 e. The minimum absolute atomic E-state index is 0.0736. The fourth-order valence-electron chi connectivity index (χ4n) is 3.20. The van der Waals surface area contributed by atoms with E-state index in [0.29, 0.717) is 22.4 Å². The van der Waals surface area contributed by atoms with E-state index in [2.05, 4.69) is 0 Å². The number of Topliss-reactive ketones (excluding diaryl/α,β-unsaturated/α-hetero) is 1. The Morgan fingerprint density at radius 2 is 1.93 bits per heavy atom. The molecule has 1 atom stereocenters. The largest absolute Gasteiger partial charge is 0.454 e. The van der Waals surface area contributed by atoms with Crippen LogP contribution in [-0.2, 0) is 21.6 Å². The van der Waals surface area contributed by atoms with Crippen LogP contribution in [0, 0.1) is 13.8 Å². The molecular weight excluding hydrogens is 398 g/mol. The van der Waals surface area contributed by atoms with Gasteiger partial charge in [0.15, 0.2) is 16.4 Å². The van der Waals surface area contributed by atoms with E-state index in [0.717, 1.165) is 11.4 Å². The summed E-state index contributed by atoms with van der Waals surface area (Å²) in [6.07, 6.45) is 0.571. The van der Waals surface area contributed by atoms with E-state index in [9.17, 15) is 18.0 Å². The number of sulfone groups is 1. The van der Waals surface area contributed by atoms with Gasteiger partial charge in [0.1, 0.15) is 0 Å². The molecule has 0 aliphatic carbocycles. The van der Waals surface area contributed by atoms with Crippen molar-refractivity contribution in [3.05, 3.63) is 52.8 Å². The normalized spacial score (nSPS) is 18.2. The van der Waals surface area contributed by atoms with Crippen LogP contribution in [0.5, 0.6) is 0 Å². The first-order valence-corrected chi connectivity index (χ1v) is 11.7. The number of thioether (sulfide) groups is 1. The molecule has 28 heavy (non-hydrogen) atoms. The fraction of sp³-hybridized carbons (Fsp3) is 0.400. The van der Waals surface area contributed by atoms with Crippen LogP contribution in [-0.4, -0.2) is 48.1 Å². The molecule has 3 rings (SSSR count). The quantitative estimate of drug-likeness (QED) is 0.527. The van der Waals surface area contributed by atoms with E-state index in [1.165, 1.54) is 11.8 Å². The standard InChI is InChI=1S/C20H23NO5S2/c1-13-10-17(14(2)21(13)3)18(22)11-26-20(23)16-6-4-5-7-19(16)27-15-8-9-28(24,25)12-15/h4-7,10,15H,8-9,11-12H2,1-3H3/t15-/m1/s1. The van der Waals surface area contributed by atoms with E-state index < -0.39 is 15.8 Å². The first-order valence-electron chi connectivity index (χ1n) is 8.97. The molecule has 0 spiro atoms. The molecule has 1 aliphatic rings. The van der Waals surface area contributed by atoms with E-state index in [1.807, 2.05) is 25.5 Å². The van der Waals surface area contributed by atoms with Gasteiger partial charge in [-0.1, -0.05) is 12.1 Å². The molecule has 1 fully saturated rings. The lowest BCUT2D eigenvalue weighted by Crippen LogP contribution is -2.16. The van der Waals surface area contributed by atoms with Crippen LogP contribution >= 0.6 is 11.8 Å². The van der Waals surface area contributed by atoms with Crippen LogP contribution in [0.15, 0.2) is 35.2 Å². The lowest BCUT2D eigenvalue weighted by atomic mass is 10.1. The molecule has 2 heterocycles. The molecule has 2 aromatic rings. The number of hydrogen-bond donors (Lipinski definition) is 0. The van der Waals surface area contributed by atoms with E-state index >= 15 is 0 Å². The summed E-state index contributed by atoms with van der Waals surface area (Å²) in [5.74, 6) is -0.530. The zero-order valence-corrected chi connectivity index (χ0v) is 17.7. The van der Waals surface area contributed by atoms with Crippen molar-refractivity contribution in [2.75, 3.05) is 18.1 Å². The molecule has 6 nitrogen and oxygen atoms in total. The lowest BCUT2D eigenvalue weighted by Gasteiger charge is -2.12. The topological polar surface area (TPSA) is 82.4 Å². The highest BCUT2D eigenvalue weighted by atomic mass is 32.2. The van der Waals surface area contributed by atoms with Gasteiger partial charge in [-0.2, -0.15) is 0 Å². The minimum atomic E-state index is -2.99. The molecule has 1 aromatic heterocycles. The number of rotatable bonds is 6. The van der Waals surface area contributed by atoms with Gasteiger partial charge in [0, 0.05) is 34.1 Å². The SMILES string of the molecule is Cc1cc(C(=O)COC(=O)c2ccccc2S[C@@H]2CCS(=O)(=O)C2)c(C)n1C. The second-order valence-electron chi connectivity index (χ2n) is 6.98. The molecule has 0 bridgehead atoms. The average Bonchev–Trinajstić information content (AvgIpc) is 3.13. The number of ketones is 1. The summed E-state index contributed by atoms with van der Waals surface area (Å²) in [6, 6.07) is 8.72. The van der Waals surface area contributed by atoms with Gasteiger partial charge < -0.3 is 9.30 Å². The molecule has 8 heteroatoms. The Kier molecular flexibility index (Phi) is 6.00. The Morgan fingerprint density at radius 1 is 1.21 bits per heavy atom. The van der Waals surface area contributed by atoms with E-state index in [-0.39, 0.29) is 29.1 Å². The zero-order valence-electron chi connectivity index (χ0n) is 16.1. The van der Waals surface area contributed by atoms with Gasteiger partial charge in [-0.3, -0.25) is 4.79 Å². The van der Waals surface area contributed by atoms with Crippen LogP contribution in [0.3, 0.4) is 0 Å². The Bertz CT molecular complexity index is 1020. The van der Waals surface area contributed by atoms with Crippen LogP contribution in [0.2, 0.25) is 0 Å². The maximum atomic E-state index is 12.5. The molecule has 150 valence electrons. The second kappa shape index (κ2) is 8.13. The van der Waals surface area contributed by atoms with Crippen molar-refractivity contribution in [3.63, 3.8) is 0 Å². The summed E-state index contributed by atoms with van der Waals surface area (Å²) in [5, 5.41) is -0.0736. The van der Waals surface area contributed by atoms with Crippen molar-refractivity contribution >= 4 is 33.4 Å². The highest BCUT2D eigenvalue weighted by Gasteiger charge is 2.29. The fourth-order valence-corrected chi connectivity index (χ4v) is 6.81. The lowest BCUT2D eigenvalue weighted by molar-refractivity contribution is 0.0471. The summed E-state index contributed by atoms with van der Waals surface area (Å²) in [4.78, 5) is 25.7. The Hall–Kier alpha value is -2.06. The summed E-state index contributed by atoms with van der Waals surface area (Å²) in [5.41, 5.74) is 2.69. The molecule has 0 N–H and O–H groups in total. The molecule has 1 saturated heterocycles. The first kappa shape index (κ1) is 20.7. The number of aromatic nitrogens is 1. The number of esters is 1. The van der Waals surface area contributed by atoms with Gasteiger partial charge in [0.05, 0.1) is 17.1 Å². The molecule has 0 amide bonds. The number of ether oxygens (including phenoxy) is 1. The predicted molar refractivity (Wildman–Crippen MR) is 109 cm³/mol. The van der Waals surface area contributed by atoms with Crippen LogP contribution in [0.1, 0.15) is 38.5 Å². The second-order valence-corrected chi connectivity index (χ2v) is 10.6. The van der Waals surface area contributed by atoms with Gasteiger partial charge in [-0.25, -0.2) is 13.2 Å². The molecular formula is C20H23NO5S2.